The highest BCUT2D eigenvalue weighted by atomic mass is 16.4. The number of carbonyl (C=O) groups is 2. The molecule has 0 heterocycles. The second-order valence-corrected chi connectivity index (χ2v) is 6.08. The summed E-state index contributed by atoms with van der Waals surface area (Å²) in [5.41, 5.74) is 6.41. The van der Waals surface area contributed by atoms with Crippen molar-refractivity contribution in [2.75, 3.05) is 6.54 Å². The minimum atomic E-state index is -1.04. The van der Waals surface area contributed by atoms with Gasteiger partial charge in [-0.1, -0.05) is 42.5 Å². The highest BCUT2D eigenvalue weighted by Gasteiger charge is 2.20. The average molecular weight is 343 g/mol. The van der Waals surface area contributed by atoms with Gasteiger partial charge >= 0.3 is 12.0 Å². The second kappa shape index (κ2) is 9.03. The molecule has 0 aliphatic heterocycles. The predicted octanol–water partition coefficient (Wildman–Crippen LogP) is 2.78. The zero-order valence-corrected chi connectivity index (χ0v) is 14.4. The molecule has 2 atom stereocenters. The third kappa shape index (κ3) is 5.19. The summed E-state index contributed by atoms with van der Waals surface area (Å²) < 4.78 is 0. The number of aliphatic carboxylic acids is 1. The van der Waals surface area contributed by atoms with Crippen molar-refractivity contribution in [3.05, 3.63) is 48.0 Å². The van der Waals surface area contributed by atoms with Gasteiger partial charge in [-0.2, -0.15) is 0 Å². The molecule has 2 rings (SSSR count). The van der Waals surface area contributed by atoms with Crippen LogP contribution < -0.4 is 16.4 Å². The Morgan fingerprint density at radius 1 is 1.08 bits per heavy atom. The molecule has 0 radical (unpaired) electrons. The topological polar surface area (TPSA) is 104 Å². The first-order chi connectivity index (χ1) is 12.0. The third-order valence-corrected chi connectivity index (χ3v) is 4.19. The molecule has 0 saturated heterocycles. The molecule has 1 unspecified atom stereocenters. The lowest BCUT2D eigenvalue weighted by Gasteiger charge is -2.20. The zero-order valence-electron chi connectivity index (χ0n) is 14.4. The summed E-state index contributed by atoms with van der Waals surface area (Å²) in [6.45, 7) is 2.39. The lowest BCUT2D eigenvalue weighted by Crippen LogP contribution is -2.46. The van der Waals surface area contributed by atoms with Gasteiger partial charge in [0, 0.05) is 0 Å². The van der Waals surface area contributed by atoms with Gasteiger partial charge in [0.15, 0.2) is 0 Å². The number of nitrogens with one attached hydrogen (secondary N) is 2. The first-order valence-electron chi connectivity index (χ1n) is 8.50. The molecule has 2 amide bonds. The van der Waals surface area contributed by atoms with Crippen LogP contribution in [0.4, 0.5) is 4.79 Å². The lowest BCUT2D eigenvalue weighted by molar-refractivity contribution is -0.139. The van der Waals surface area contributed by atoms with Gasteiger partial charge in [-0.05, 0) is 49.1 Å². The van der Waals surface area contributed by atoms with E-state index in [4.69, 9.17) is 5.73 Å². The van der Waals surface area contributed by atoms with Crippen LogP contribution in [0.1, 0.15) is 37.8 Å². The van der Waals surface area contributed by atoms with Crippen molar-refractivity contribution >= 4 is 22.8 Å². The van der Waals surface area contributed by atoms with Crippen LogP contribution in [0.2, 0.25) is 0 Å². The fourth-order valence-electron chi connectivity index (χ4n) is 2.85. The molecule has 0 aliphatic rings. The Morgan fingerprint density at radius 3 is 2.52 bits per heavy atom. The van der Waals surface area contributed by atoms with Crippen molar-refractivity contribution < 1.29 is 14.7 Å². The molecule has 0 fully saturated rings. The van der Waals surface area contributed by atoms with Crippen molar-refractivity contribution in [1.29, 1.82) is 0 Å². The highest BCUT2D eigenvalue weighted by molar-refractivity contribution is 5.87. The normalized spacial score (nSPS) is 13.2. The van der Waals surface area contributed by atoms with Crippen LogP contribution in [0.5, 0.6) is 0 Å². The number of carboxylic acid groups (broad SMARTS) is 1. The van der Waals surface area contributed by atoms with Crippen LogP contribution in [0.3, 0.4) is 0 Å². The number of urea groups is 1. The number of nitrogens with two attached hydrogens (primary N) is 1. The molecular weight excluding hydrogens is 318 g/mol. The fourth-order valence-corrected chi connectivity index (χ4v) is 2.85. The number of carboxylic acids is 1. The van der Waals surface area contributed by atoms with Crippen molar-refractivity contribution in [3.8, 4) is 0 Å². The van der Waals surface area contributed by atoms with E-state index in [-0.39, 0.29) is 6.04 Å². The largest absolute Gasteiger partial charge is 0.480 e. The van der Waals surface area contributed by atoms with E-state index in [0.29, 0.717) is 19.4 Å². The van der Waals surface area contributed by atoms with E-state index in [1.807, 2.05) is 49.4 Å². The maximum atomic E-state index is 12.2. The van der Waals surface area contributed by atoms with Gasteiger partial charge in [0.25, 0.3) is 0 Å². The van der Waals surface area contributed by atoms with E-state index in [0.717, 1.165) is 22.8 Å². The molecule has 2 aromatic rings. The van der Waals surface area contributed by atoms with E-state index in [9.17, 15) is 14.7 Å². The van der Waals surface area contributed by atoms with Gasteiger partial charge in [-0.15, -0.1) is 0 Å². The molecule has 0 bridgehead atoms. The van der Waals surface area contributed by atoms with E-state index < -0.39 is 18.0 Å². The number of benzene rings is 2. The molecule has 2 aromatic carbocycles. The van der Waals surface area contributed by atoms with Crippen LogP contribution in [0.25, 0.3) is 10.8 Å². The number of carbonyl (C=O) groups excluding carboxylic acids is 1. The summed E-state index contributed by atoms with van der Waals surface area (Å²) in [6.07, 6.45) is 1.76. The van der Waals surface area contributed by atoms with E-state index in [1.54, 1.807) is 0 Å². The maximum absolute atomic E-state index is 12.2. The first kappa shape index (κ1) is 18.7. The zero-order chi connectivity index (χ0) is 18.2. The van der Waals surface area contributed by atoms with Crippen molar-refractivity contribution in [3.63, 3.8) is 0 Å². The van der Waals surface area contributed by atoms with Crippen LogP contribution in [-0.4, -0.2) is 29.7 Å². The molecule has 5 N–H and O–H groups in total. The quantitative estimate of drug-likeness (QED) is 0.553. The van der Waals surface area contributed by atoms with Crippen molar-refractivity contribution in [2.45, 2.75) is 38.3 Å². The molecule has 0 saturated carbocycles. The van der Waals surface area contributed by atoms with Gasteiger partial charge in [-0.25, -0.2) is 9.59 Å². The number of hydrogen-bond donors (Lipinski definition) is 4. The summed E-state index contributed by atoms with van der Waals surface area (Å²) in [4.78, 5) is 23.5. The van der Waals surface area contributed by atoms with Gasteiger partial charge in [0.2, 0.25) is 0 Å². The Balaban J connectivity index is 2.02. The lowest BCUT2D eigenvalue weighted by atomic mass is 10.00. The van der Waals surface area contributed by atoms with Crippen LogP contribution in [0, 0.1) is 0 Å². The van der Waals surface area contributed by atoms with Crippen molar-refractivity contribution in [1.82, 2.24) is 10.6 Å². The first-order valence-corrected chi connectivity index (χ1v) is 8.50. The van der Waals surface area contributed by atoms with E-state index in [2.05, 4.69) is 10.6 Å². The number of hydrogen-bond acceptors (Lipinski definition) is 3. The summed E-state index contributed by atoms with van der Waals surface area (Å²) in [7, 11) is 0. The number of unbranched alkanes of at least 4 members (excludes halogenated alkanes) is 1. The Bertz CT molecular complexity index is 727. The SMILES string of the molecule is CC(NC(=O)N[C@@H](CCCCN)C(=O)O)c1cccc2ccccc12. The van der Waals surface area contributed by atoms with E-state index >= 15 is 0 Å². The molecule has 25 heavy (non-hydrogen) atoms. The van der Waals surface area contributed by atoms with Gasteiger partial charge in [0.1, 0.15) is 6.04 Å². The standard InChI is InChI=1S/C19H25N3O3/c1-13(15-10-6-8-14-7-2-3-9-16(14)15)21-19(25)22-17(18(23)24)11-4-5-12-20/h2-3,6-10,13,17H,4-5,11-12,20H2,1H3,(H,23,24)(H2,21,22,25)/t13?,17-/m0/s1. The van der Waals surface area contributed by atoms with Gasteiger partial charge in [0.05, 0.1) is 6.04 Å². The minimum absolute atomic E-state index is 0.246. The molecular formula is C19H25N3O3. The predicted molar refractivity (Wildman–Crippen MR) is 98.4 cm³/mol. The molecule has 0 aliphatic carbocycles. The van der Waals surface area contributed by atoms with Crippen LogP contribution >= 0.6 is 0 Å². The molecule has 0 aromatic heterocycles. The smallest absolute Gasteiger partial charge is 0.326 e. The number of amides is 2. The monoisotopic (exact) mass is 343 g/mol. The molecule has 0 spiro atoms. The second-order valence-electron chi connectivity index (χ2n) is 6.08. The Kier molecular flexibility index (Phi) is 6.77. The van der Waals surface area contributed by atoms with Crippen LogP contribution in [0.15, 0.2) is 42.5 Å². The minimum Gasteiger partial charge on any atom is -0.480 e. The summed E-state index contributed by atoms with van der Waals surface area (Å²) >= 11 is 0. The molecule has 6 heteroatoms. The third-order valence-electron chi connectivity index (χ3n) is 4.19. The van der Waals surface area contributed by atoms with Gasteiger partial charge < -0.3 is 21.5 Å². The molecule has 6 nitrogen and oxygen atoms in total. The highest BCUT2D eigenvalue weighted by Crippen LogP contribution is 2.23. The average Bonchev–Trinajstić information content (AvgIpc) is 2.60. The number of rotatable bonds is 8. The van der Waals surface area contributed by atoms with E-state index in [1.165, 1.54) is 0 Å². The van der Waals surface area contributed by atoms with Crippen LogP contribution in [-0.2, 0) is 4.79 Å². The maximum Gasteiger partial charge on any atom is 0.326 e. The summed E-state index contributed by atoms with van der Waals surface area (Å²) in [5, 5.41) is 16.8. The summed E-state index contributed by atoms with van der Waals surface area (Å²) in [5.74, 6) is -1.04. The Labute approximate surface area is 147 Å². The van der Waals surface area contributed by atoms with Gasteiger partial charge in [-0.3, -0.25) is 0 Å². The number of fused-ring (bicyclic) bond motifs is 1. The fraction of sp³-hybridized carbons (Fsp3) is 0.368. The summed E-state index contributed by atoms with van der Waals surface area (Å²) in [6, 6.07) is 12.2. The molecule has 134 valence electrons. The van der Waals surface area contributed by atoms with Crippen molar-refractivity contribution in [2.24, 2.45) is 5.73 Å². The Hall–Kier alpha value is -2.60. The Morgan fingerprint density at radius 2 is 1.80 bits per heavy atom.